The predicted molar refractivity (Wildman–Crippen MR) is 74.3 cm³/mol. The van der Waals surface area contributed by atoms with E-state index in [1.54, 1.807) is 24.3 Å². The quantitative estimate of drug-likeness (QED) is 0.815. The van der Waals surface area contributed by atoms with Gasteiger partial charge in [0, 0.05) is 17.2 Å². The molecule has 3 nitrogen and oxygen atoms in total. The minimum absolute atomic E-state index is 0.0727. The summed E-state index contributed by atoms with van der Waals surface area (Å²) in [6, 6.07) is 6.75. The van der Waals surface area contributed by atoms with Crippen molar-refractivity contribution in [3.63, 3.8) is 0 Å². The fourth-order valence-corrected chi connectivity index (χ4v) is 2.49. The molecule has 1 aliphatic rings. The summed E-state index contributed by atoms with van der Waals surface area (Å²) in [7, 11) is 0. The maximum Gasteiger partial charge on any atom is 0.415 e. The van der Waals surface area contributed by atoms with Crippen LogP contribution < -0.4 is 4.90 Å². The van der Waals surface area contributed by atoms with Crippen LogP contribution >= 0.6 is 11.6 Å². The second kappa shape index (κ2) is 5.53. The van der Waals surface area contributed by atoms with E-state index >= 15 is 0 Å². The maximum atomic E-state index is 13.9. The fourth-order valence-electron chi connectivity index (χ4n) is 2.36. The van der Waals surface area contributed by atoms with E-state index in [9.17, 15) is 18.0 Å². The number of nitrogens with zero attached hydrogens (tertiary/aromatic N) is 1. The van der Waals surface area contributed by atoms with Gasteiger partial charge in [-0.2, -0.15) is 0 Å². The summed E-state index contributed by atoms with van der Waals surface area (Å²) in [4.78, 5) is 12.7. The summed E-state index contributed by atoms with van der Waals surface area (Å²) >= 11 is 5.79. The van der Waals surface area contributed by atoms with Gasteiger partial charge in [-0.25, -0.2) is 18.0 Å². The number of carbonyl (C=O) groups excluding carboxylic acids is 1. The molecule has 22 heavy (non-hydrogen) atoms. The van der Waals surface area contributed by atoms with Crippen molar-refractivity contribution < 1.29 is 22.7 Å². The van der Waals surface area contributed by atoms with Crippen LogP contribution in [0, 0.1) is 17.5 Å². The topological polar surface area (TPSA) is 29.5 Å². The van der Waals surface area contributed by atoms with Gasteiger partial charge in [-0.15, -0.1) is 0 Å². The molecule has 0 saturated carbocycles. The molecule has 1 saturated heterocycles. The van der Waals surface area contributed by atoms with Crippen molar-refractivity contribution in [2.75, 3.05) is 11.5 Å². The first-order valence-corrected chi connectivity index (χ1v) is 6.71. The molecule has 0 N–H and O–H groups in total. The van der Waals surface area contributed by atoms with Crippen molar-refractivity contribution >= 4 is 23.4 Å². The molecular formula is C15H9ClF3NO2. The molecule has 0 radical (unpaired) electrons. The van der Waals surface area contributed by atoms with Crippen molar-refractivity contribution in [2.45, 2.75) is 6.04 Å². The minimum Gasteiger partial charge on any atom is -0.447 e. The smallest absolute Gasteiger partial charge is 0.415 e. The zero-order chi connectivity index (χ0) is 15.9. The van der Waals surface area contributed by atoms with E-state index in [1.807, 2.05) is 0 Å². The van der Waals surface area contributed by atoms with E-state index in [4.69, 9.17) is 16.3 Å². The highest BCUT2D eigenvalue weighted by Crippen LogP contribution is 2.36. The van der Waals surface area contributed by atoms with Gasteiger partial charge in [-0.1, -0.05) is 23.7 Å². The third kappa shape index (κ3) is 2.50. The van der Waals surface area contributed by atoms with E-state index in [1.165, 1.54) is 0 Å². The summed E-state index contributed by atoms with van der Waals surface area (Å²) in [6.07, 6.45) is -0.899. The Morgan fingerprint density at radius 1 is 1.09 bits per heavy atom. The molecule has 2 aromatic rings. The van der Waals surface area contributed by atoms with Gasteiger partial charge in [-0.05, 0) is 17.7 Å². The fraction of sp³-hybridized carbons (Fsp3) is 0.133. The Kier molecular flexibility index (Phi) is 3.70. The molecule has 1 amide bonds. The SMILES string of the molecule is O=C1OCC(c2ccc(Cl)cc2)N1c1c(F)cc(F)cc1F. The van der Waals surface area contributed by atoms with E-state index in [0.29, 0.717) is 22.7 Å². The first kappa shape index (κ1) is 14.7. The molecule has 1 heterocycles. The third-order valence-electron chi connectivity index (χ3n) is 3.35. The van der Waals surface area contributed by atoms with Crippen LogP contribution in [0.2, 0.25) is 5.02 Å². The first-order chi connectivity index (χ1) is 10.5. The summed E-state index contributed by atoms with van der Waals surface area (Å²) in [5, 5.41) is 0.486. The second-order valence-electron chi connectivity index (χ2n) is 4.73. The Labute approximate surface area is 128 Å². The van der Waals surface area contributed by atoms with Crippen molar-refractivity contribution in [1.82, 2.24) is 0 Å². The zero-order valence-corrected chi connectivity index (χ0v) is 11.8. The zero-order valence-electron chi connectivity index (χ0n) is 11.0. The van der Waals surface area contributed by atoms with Crippen molar-refractivity contribution in [3.05, 3.63) is 64.4 Å². The Bertz CT molecular complexity index is 713. The number of amides is 1. The van der Waals surface area contributed by atoms with E-state index in [-0.39, 0.29) is 6.61 Å². The third-order valence-corrected chi connectivity index (χ3v) is 3.60. The molecule has 1 unspecified atom stereocenters. The molecule has 0 aromatic heterocycles. The lowest BCUT2D eigenvalue weighted by molar-refractivity contribution is 0.178. The van der Waals surface area contributed by atoms with Gasteiger partial charge < -0.3 is 4.74 Å². The number of anilines is 1. The van der Waals surface area contributed by atoms with Crippen molar-refractivity contribution in [2.24, 2.45) is 0 Å². The predicted octanol–water partition coefficient (Wildman–Crippen LogP) is 4.46. The lowest BCUT2D eigenvalue weighted by Crippen LogP contribution is -2.29. The highest BCUT2D eigenvalue weighted by atomic mass is 35.5. The number of ether oxygens (including phenoxy) is 1. The van der Waals surface area contributed by atoms with Crippen LogP contribution in [0.25, 0.3) is 0 Å². The molecule has 0 bridgehead atoms. The number of hydrogen-bond donors (Lipinski definition) is 0. The average molecular weight is 328 g/mol. The summed E-state index contributed by atoms with van der Waals surface area (Å²) in [5.41, 5.74) is -0.0396. The first-order valence-electron chi connectivity index (χ1n) is 6.33. The van der Waals surface area contributed by atoms with Crippen LogP contribution in [0.4, 0.5) is 23.7 Å². The van der Waals surface area contributed by atoms with Gasteiger partial charge in [0.2, 0.25) is 0 Å². The van der Waals surface area contributed by atoms with Gasteiger partial charge in [0.05, 0.1) is 6.04 Å². The molecule has 1 aliphatic heterocycles. The van der Waals surface area contributed by atoms with Gasteiger partial charge in [-0.3, -0.25) is 4.90 Å². The molecule has 3 rings (SSSR count). The van der Waals surface area contributed by atoms with Crippen LogP contribution in [0.3, 0.4) is 0 Å². The van der Waals surface area contributed by atoms with Gasteiger partial charge >= 0.3 is 6.09 Å². The normalized spacial score (nSPS) is 17.7. The molecule has 7 heteroatoms. The highest BCUT2D eigenvalue weighted by molar-refractivity contribution is 6.30. The van der Waals surface area contributed by atoms with E-state index in [0.717, 1.165) is 4.90 Å². The van der Waals surface area contributed by atoms with Crippen LogP contribution in [0.5, 0.6) is 0 Å². The Morgan fingerprint density at radius 3 is 2.27 bits per heavy atom. The molecule has 2 aromatic carbocycles. The van der Waals surface area contributed by atoms with Crippen LogP contribution in [-0.4, -0.2) is 12.7 Å². The van der Waals surface area contributed by atoms with Crippen LogP contribution in [0.15, 0.2) is 36.4 Å². The molecule has 1 fully saturated rings. The molecular weight excluding hydrogens is 319 g/mol. The highest BCUT2D eigenvalue weighted by Gasteiger charge is 2.38. The van der Waals surface area contributed by atoms with E-state index < -0.39 is 35.3 Å². The summed E-state index contributed by atoms with van der Waals surface area (Å²) in [6.45, 7) is -0.0727. The number of carbonyl (C=O) groups is 1. The summed E-state index contributed by atoms with van der Waals surface area (Å²) in [5.74, 6) is -3.40. The number of rotatable bonds is 2. The van der Waals surface area contributed by atoms with Gasteiger partial charge in [0.15, 0.2) is 11.6 Å². The Morgan fingerprint density at radius 2 is 1.68 bits per heavy atom. The number of hydrogen-bond acceptors (Lipinski definition) is 2. The Hall–Kier alpha value is -2.21. The Balaban J connectivity index is 2.07. The lowest BCUT2D eigenvalue weighted by atomic mass is 10.1. The largest absolute Gasteiger partial charge is 0.447 e. The molecule has 1 atom stereocenters. The average Bonchev–Trinajstić information content (AvgIpc) is 2.81. The molecule has 0 spiro atoms. The van der Waals surface area contributed by atoms with Gasteiger partial charge in [0.25, 0.3) is 0 Å². The summed E-state index contributed by atoms with van der Waals surface area (Å²) < 4.78 is 45.8. The standard InChI is InChI=1S/C15H9ClF3NO2/c16-9-3-1-8(2-4-9)13-7-22-15(21)20(13)14-11(18)5-10(17)6-12(14)19/h1-6,13H,7H2. The number of benzene rings is 2. The van der Waals surface area contributed by atoms with Crippen molar-refractivity contribution in [3.8, 4) is 0 Å². The number of halogens is 4. The number of cyclic esters (lactones) is 1. The van der Waals surface area contributed by atoms with Gasteiger partial charge in [0.1, 0.15) is 18.1 Å². The second-order valence-corrected chi connectivity index (χ2v) is 5.17. The molecule has 0 aliphatic carbocycles. The monoisotopic (exact) mass is 327 g/mol. The lowest BCUT2D eigenvalue weighted by Gasteiger charge is -2.22. The molecule has 114 valence electrons. The van der Waals surface area contributed by atoms with Crippen LogP contribution in [0.1, 0.15) is 11.6 Å². The van der Waals surface area contributed by atoms with Crippen LogP contribution in [-0.2, 0) is 4.74 Å². The maximum absolute atomic E-state index is 13.9. The minimum atomic E-state index is -1.17. The van der Waals surface area contributed by atoms with Crippen molar-refractivity contribution in [1.29, 1.82) is 0 Å². The van der Waals surface area contributed by atoms with E-state index in [2.05, 4.69) is 0 Å².